The highest BCUT2D eigenvalue weighted by Gasteiger charge is 2.18. The van der Waals surface area contributed by atoms with Crippen molar-refractivity contribution in [3.8, 4) is 17.3 Å². The highest BCUT2D eigenvalue weighted by Crippen LogP contribution is 2.20. The van der Waals surface area contributed by atoms with Crippen molar-refractivity contribution in [3.05, 3.63) is 60.3 Å². The third kappa shape index (κ3) is 4.31. The molecule has 2 heterocycles. The van der Waals surface area contributed by atoms with E-state index in [2.05, 4.69) is 27.2 Å². The third-order valence-electron chi connectivity index (χ3n) is 4.30. The molecule has 1 amide bonds. The molecule has 0 radical (unpaired) electrons. The summed E-state index contributed by atoms with van der Waals surface area (Å²) in [5, 5.41) is 3.08. The molecule has 0 bridgehead atoms. The Balaban J connectivity index is 1.75. The summed E-state index contributed by atoms with van der Waals surface area (Å²) >= 11 is 0. The molecule has 0 aliphatic carbocycles. The van der Waals surface area contributed by atoms with E-state index in [1.165, 1.54) is 0 Å². The number of nitrogens with zero attached hydrogens (tertiary/aromatic N) is 4. The molecule has 0 aliphatic rings. The Morgan fingerprint density at radius 2 is 1.96 bits per heavy atom. The van der Waals surface area contributed by atoms with Gasteiger partial charge in [-0.25, -0.2) is 9.97 Å². The molecule has 3 aromatic rings. The predicted octanol–water partition coefficient (Wildman–Crippen LogP) is 3.16. The summed E-state index contributed by atoms with van der Waals surface area (Å²) in [6.45, 7) is 2.09. The van der Waals surface area contributed by atoms with Gasteiger partial charge < -0.3 is 14.6 Å². The number of hydrogen-bond donors (Lipinski definition) is 1. The van der Waals surface area contributed by atoms with Crippen molar-refractivity contribution in [2.45, 2.75) is 25.8 Å². The van der Waals surface area contributed by atoms with E-state index in [1.54, 1.807) is 37.7 Å². The molecule has 3 rings (SSSR count). The van der Waals surface area contributed by atoms with Gasteiger partial charge in [0.1, 0.15) is 5.82 Å². The van der Waals surface area contributed by atoms with Gasteiger partial charge in [-0.3, -0.25) is 4.79 Å². The predicted molar refractivity (Wildman–Crippen MR) is 102 cm³/mol. The van der Waals surface area contributed by atoms with Crippen LogP contribution in [0, 0.1) is 0 Å². The molecule has 0 saturated heterocycles. The first-order valence-electron chi connectivity index (χ1n) is 8.88. The monoisotopic (exact) mass is 365 g/mol. The van der Waals surface area contributed by atoms with Gasteiger partial charge >= 0.3 is 0 Å². The second-order valence-electron chi connectivity index (χ2n) is 6.21. The zero-order chi connectivity index (χ0) is 19.2. The smallest absolute Gasteiger partial charge is 0.251 e. The number of imidazole rings is 1. The normalized spacial score (nSPS) is 11.8. The van der Waals surface area contributed by atoms with Crippen LogP contribution in [0.1, 0.15) is 42.0 Å². The van der Waals surface area contributed by atoms with E-state index in [-0.39, 0.29) is 11.9 Å². The molecule has 1 aromatic carbocycles. The van der Waals surface area contributed by atoms with Crippen LogP contribution in [-0.2, 0) is 7.05 Å². The van der Waals surface area contributed by atoms with Crippen LogP contribution < -0.4 is 10.1 Å². The number of carbonyl (C=O) groups is 1. The number of rotatable bonds is 7. The lowest BCUT2D eigenvalue weighted by atomic mass is 10.1. The average molecular weight is 365 g/mol. The third-order valence-corrected chi connectivity index (χ3v) is 4.30. The molecule has 0 saturated carbocycles. The number of hydrogen-bond acceptors (Lipinski definition) is 5. The van der Waals surface area contributed by atoms with Gasteiger partial charge in [0.25, 0.3) is 5.91 Å². The summed E-state index contributed by atoms with van der Waals surface area (Å²) in [5.41, 5.74) is 1.40. The minimum Gasteiger partial charge on any atom is -0.481 e. The van der Waals surface area contributed by atoms with E-state index < -0.39 is 0 Å². The minimum absolute atomic E-state index is 0.121. The number of ether oxygens (including phenoxy) is 1. The lowest BCUT2D eigenvalue weighted by Crippen LogP contribution is -2.30. The second kappa shape index (κ2) is 8.44. The van der Waals surface area contributed by atoms with Crippen molar-refractivity contribution in [2.24, 2.45) is 7.05 Å². The maximum Gasteiger partial charge on any atom is 0.251 e. The van der Waals surface area contributed by atoms with E-state index in [4.69, 9.17) is 4.74 Å². The zero-order valence-electron chi connectivity index (χ0n) is 15.7. The summed E-state index contributed by atoms with van der Waals surface area (Å²) < 4.78 is 7.06. The molecule has 0 unspecified atom stereocenters. The van der Waals surface area contributed by atoms with Crippen LogP contribution in [0.4, 0.5) is 0 Å². The topological polar surface area (TPSA) is 81.9 Å². The fourth-order valence-corrected chi connectivity index (χ4v) is 2.87. The summed E-state index contributed by atoms with van der Waals surface area (Å²) in [5.74, 6) is 1.78. The Kier molecular flexibility index (Phi) is 5.80. The number of carbonyl (C=O) groups excluding carboxylic acids is 1. The summed E-state index contributed by atoms with van der Waals surface area (Å²) in [7, 11) is 3.49. The Bertz CT molecular complexity index is 905. The Hall–Kier alpha value is -3.22. The number of methoxy groups -OCH3 is 1. The van der Waals surface area contributed by atoms with Gasteiger partial charge in [-0.15, -0.1) is 0 Å². The molecule has 0 fully saturated rings. The van der Waals surface area contributed by atoms with E-state index in [0.29, 0.717) is 17.3 Å². The van der Waals surface area contributed by atoms with Crippen LogP contribution in [0.2, 0.25) is 0 Å². The van der Waals surface area contributed by atoms with Crippen LogP contribution in [0.15, 0.2) is 48.9 Å². The van der Waals surface area contributed by atoms with Gasteiger partial charge in [0.2, 0.25) is 5.88 Å². The fraction of sp³-hybridized carbons (Fsp3) is 0.300. The highest BCUT2D eigenvalue weighted by atomic mass is 16.5. The molecule has 140 valence electrons. The summed E-state index contributed by atoms with van der Waals surface area (Å²) in [6.07, 6.45) is 7.04. The molecular weight excluding hydrogens is 342 g/mol. The highest BCUT2D eigenvalue weighted by molar-refractivity contribution is 5.94. The second-order valence-corrected chi connectivity index (χ2v) is 6.21. The van der Waals surface area contributed by atoms with Gasteiger partial charge in [-0.05, 0) is 18.6 Å². The first kappa shape index (κ1) is 18.6. The quantitative estimate of drug-likeness (QED) is 0.695. The van der Waals surface area contributed by atoms with Crippen LogP contribution in [0.3, 0.4) is 0 Å². The maximum atomic E-state index is 12.7. The number of aryl methyl sites for hydroxylation is 1. The van der Waals surface area contributed by atoms with E-state index in [0.717, 1.165) is 24.2 Å². The molecular formula is C20H23N5O2. The molecule has 0 aliphatic heterocycles. The van der Waals surface area contributed by atoms with E-state index >= 15 is 0 Å². The SMILES string of the molecule is CCC[C@H](NC(=O)c1ccc(-c2nccc(OC)n2)cc1)c1nccn1C. The summed E-state index contributed by atoms with van der Waals surface area (Å²) in [4.78, 5) is 25.6. The van der Waals surface area contributed by atoms with Gasteiger partial charge in [0, 0.05) is 42.8 Å². The van der Waals surface area contributed by atoms with Crippen molar-refractivity contribution < 1.29 is 9.53 Å². The number of benzene rings is 1. The minimum atomic E-state index is -0.130. The van der Waals surface area contributed by atoms with Gasteiger partial charge in [-0.1, -0.05) is 25.5 Å². The van der Waals surface area contributed by atoms with Crippen molar-refractivity contribution in [1.82, 2.24) is 24.8 Å². The molecule has 2 aromatic heterocycles. The Morgan fingerprint density at radius 1 is 1.19 bits per heavy atom. The standard InChI is InChI=1S/C20H23N5O2/c1-4-5-16(19-22-12-13-25(19)2)23-20(26)15-8-6-14(7-9-15)18-21-11-10-17(24-18)27-3/h6-13,16H,4-5H2,1-3H3,(H,23,26)/t16-/m0/s1. The average Bonchev–Trinajstić information content (AvgIpc) is 3.13. The number of aromatic nitrogens is 4. The molecule has 7 heteroatoms. The first-order valence-corrected chi connectivity index (χ1v) is 8.88. The van der Waals surface area contributed by atoms with Crippen LogP contribution >= 0.6 is 0 Å². The molecule has 1 atom stereocenters. The zero-order valence-corrected chi connectivity index (χ0v) is 15.7. The fourth-order valence-electron chi connectivity index (χ4n) is 2.87. The van der Waals surface area contributed by atoms with Crippen LogP contribution in [-0.4, -0.2) is 32.5 Å². The lowest BCUT2D eigenvalue weighted by Gasteiger charge is -2.18. The number of amides is 1. The molecule has 27 heavy (non-hydrogen) atoms. The Morgan fingerprint density at radius 3 is 2.59 bits per heavy atom. The van der Waals surface area contributed by atoms with Crippen molar-refractivity contribution >= 4 is 5.91 Å². The van der Waals surface area contributed by atoms with Crippen LogP contribution in [0.25, 0.3) is 11.4 Å². The lowest BCUT2D eigenvalue weighted by molar-refractivity contribution is 0.0932. The van der Waals surface area contributed by atoms with Gasteiger partial charge in [0.15, 0.2) is 5.82 Å². The Labute approximate surface area is 158 Å². The largest absolute Gasteiger partial charge is 0.481 e. The first-order chi connectivity index (χ1) is 13.1. The molecule has 1 N–H and O–H groups in total. The number of nitrogens with one attached hydrogen (secondary N) is 1. The van der Waals surface area contributed by atoms with Crippen molar-refractivity contribution in [3.63, 3.8) is 0 Å². The summed E-state index contributed by atoms with van der Waals surface area (Å²) in [6, 6.07) is 8.78. The van der Waals surface area contributed by atoms with E-state index in [9.17, 15) is 4.79 Å². The van der Waals surface area contributed by atoms with Crippen molar-refractivity contribution in [1.29, 1.82) is 0 Å². The van der Waals surface area contributed by atoms with E-state index in [1.807, 2.05) is 29.9 Å². The maximum absolute atomic E-state index is 12.7. The van der Waals surface area contributed by atoms with Gasteiger partial charge in [0.05, 0.1) is 13.2 Å². The van der Waals surface area contributed by atoms with Crippen LogP contribution in [0.5, 0.6) is 5.88 Å². The molecule has 7 nitrogen and oxygen atoms in total. The van der Waals surface area contributed by atoms with Crippen molar-refractivity contribution in [2.75, 3.05) is 7.11 Å². The van der Waals surface area contributed by atoms with Gasteiger partial charge in [-0.2, -0.15) is 4.98 Å². The molecule has 0 spiro atoms.